The first-order valence-corrected chi connectivity index (χ1v) is 2.98. The van der Waals surface area contributed by atoms with Crippen LogP contribution in [0.15, 0.2) is 23.3 Å². The van der Waals surface area contributed by atoms with E-state index < -0.39 is 0 Å². The molecule has 0 saturated carbocycles. The Morgan fingerprint density at radius 1 is 0.875 bits per heavy atom. The van der Waals surface area contributed by atoms with Crippen LogP contribution in [0, 0.1) is 0 Å². The van der Waals surface area contributed by atoms with Crippen LogP contribution in [0.3, 0.4) is 0 Å². The van der Waals surface area contributed by atoms with Gasteiger partial charge in [0.25, 0.3) is 0 Å². The predicted molar refractivity (Wildman–Crippen MR) is 38.9 cm³/mol. The Labute approximate surface area is 51.9 Å². The first kappa shape index (κ1) is 7.48. The van der Waals surface area contributed by atoms with Crippen molar-refractivity contribution in [1.29, 1.82) is 0 Å². The Morgan fingerprint density at radius 3 is 1.25 bits per heavy atom. The molecule has 0 nitrogen and oxygen atoms in total. The molecular weight excluding hydrogens is 96.1 g/mol. The van der Waals surface area contributed by atoms with Gasteiger partial charge in [-0.15, -0.1) is 0 Å². The quantitative estimate of drug-likeness (QED) is 0.455. The number of hydrogen-bond acceptors (Lipinski definition) is 0. The fraction of sp³-hybridized carbons (Fsp3) is 0.500. The number of hydrogen-bond donors (Lipinski definition) is 0. The normalized spacial score (nSPS) is 14.5. The van der Waals surface area contributed by atoms with Crippen molar-refractivity contribution in [3.8, 4) is 0 Å². The largest absolute Gasteiger partial charge is 0.0845 e. The van der Waals surface area contributed by atoms with Crippen molar-refractivity contribution in [1.82, 2.24) is 0 Å². The Hall–Kier alpha value is -0.520. The third-order valence-corrected chi connectivity index (χ3v) is 1.49. The topological polar surface area (TPSA) is 0 Å². The lowest BCUT2D eigenvalue weighted by Crippen LogP contribution is -1.74. The molecule has 0 aromatic heterocycles. The fourth-order valence-corrected chi connectivity index (χ4v) is 0.455. The van der Waals surface area contributed by atoms with Crippen LogP contribution in [0.4, 0.5) is 0 Å². The van der Waals surface area contributed by atoms with E-state index in [1.807, 2.05) is 0 Å². The molecule has 0 atom stereocenters. The molecule has 0 bridgehead atoms. The maximum atomic E-state index is 2.12. The van der Waals surface area contributed by atoms with Crippen LogP contribution in [-0.2, 0) is 0 Å². The highest BCUT2D eigenvalue weighted by Crippen LogP contribution is 2.05. The average Bonchev–Trinajstić information content (AvgIpc) is 1.84. The van der Waals surface area contributed by atoms with E-state index in [1.165, 1.54) is 11.1 Å². The summed E-state index contributed by atoms with van der Waals surface area (Å²) in [6, 6.07) is 0. The Bertz CT molecular complexity index is 100. The van der Waals surface area contributed by atoms with Crippen LogP contribution in [0.25, 0.3) is 0 Å². The van der Waals surface area contributed by atoms with Gasteiger partial charge in [-0.05, 0) is 27.7 Å². The molecule has 0 aliphatic heterocycles. The molecule has 0 saturated heterocycles. The van der Waals surface area contributed by atoms with E-state index in [4.69, 9.17) is 0 Å². The maximum absolute atomic E-state index is 2.12. The van der Waals surface area contributed by atoms with E-state index >= 15 is 0 Å². The molecule has 0 aromatic rings. The Kier molecular flexibility index (Phi) is 3.25. The summed E-state index contributed by atoms with van der Waals surface area (Å²) < 4.78 is 0. The van der Waals surface area contributed by atoms with Gasteiger partial charge in [-0.1, -0.05) is 23.3 Å². The summed E-state index contributed by atoms with van der Waals surface area (Å²) in [5.74, 6) is 0. The molecule has 0 radical (unpaired) electrons. The lowest BCUT2D eigenvalue weighted by atomic mass is 10.1. The molecule has 46 valence electrons. The van der Waals surface area contributed by atoms with Crippen LogP contribution in [0.5, 0.6) is 0 Å². The third-order valence-electron chi connectivity index (χ3n) is 1.49. The molecule has 0 unspecified atom stereocenters. The van der Waals surface area contributed by atoms with Crippen molar-refractivity contribution in [2.75, 3.05) is 0 Å². The van der Waals surface area contributed by atoms with Gasteiger partial charge in [0.2, 0.25) is 0 Å². The minimum absolute atomic E-state index is 1.37. The minimum Gasteiger partial charge on any atom is -0.0845 e. The van der Waals surface area contributed by atoms with Gasteiger partial charge < -0.3 is 0 Å². The van der Waals surface area contributed by atoms with Gasteiger partial charge in [-0.3, -0.25) is 0 Å². The number of allylic oxidation sites excluding steroid dienone is 4. The third kappa shape index (κ3) is 1.97. The second kappa shape index (κ2) is 3.48. The van der Waals surface area contributed by atoms with E-state index in [9.17, 15) is 0 Å². The first-order valence-electron chi connectivity index (χ1n) is 2.98. The maximum Gasteiger partial charge on any atom is -0.0399 e. The van der Waals surface area contributed by atoms with Crippen molar-refractivity contribution >= 4 is 0 Å². The molecule has 0 aliphatic carbocycles. The van der Waals surface area contributed by atoms with E-state index in [2.05, 4.69) is 39.8 Å². The average molecular weight is 110 g/mol. The second-order valence-electron chi connectivity index (χ2n) is 1.94. The van der Waals surface area contributed by atoms with Crippen molar-refractivity contribution in [3.05, 3.63) is 23.3 Å². The smallest absolute Gasteiger partial charge is 0.0399 e. The SMILES string of the molecule is CC=C(C)C(C)=CC. The highest BCUT2D eigenvalue weighted by molar-refractivity contribution is 5.25. The molecule has 0 aliphatic rings. The Morgan fingerprint density at radius 2 is 1.12 bits per heavy atom. The van der Waals surface area contributed by atoms with Gasteiger partial charge >= 0.3 is 0 Å². The van der Waals surface area contributed by atoms with Crippen LogP contribution in [0.1, 0.15) is 27.7 Å². The van der Waals surface area contributed by atoms with Gasteiger partial charge in [-0.25, -0.2) is 0 Å². The second-order valence-corrected chi connectivity index (χ2v) is 1.94. The standard InChI is InChI=1S/C8H14/c1-5-7(3)8(4)6-2/h5-6H,1-4H3. The zero-order valence-corrected chi connectivity index (χ0v) is 6.15. The Balaban J connectivity index is 4.04. The fourth-order valence-electron chi connectivity index (χ4n) is 0.455. The van der Waals surface area contributed by atoms with Crippen molar-refractivity contribution in [2.45, 2.75) is 27.7 Å². The zero-order chi connectivity index (χ0) is 6.57. The van der Waals surface area contributed by atoms with E-state index in [1.54, 1.807) is 0 Å². The lowest BCUT2D eigenvalue weighted by molar-refractivity contribution is 1.31. The van der Waals surface area contributed by atoms with Gasteiger partial charge in [-0.2, -0.15) is 0 Å². The van der Waals surface area contributed by atoms with E-state index in [0.29, 0.717) is 0 Å². The number of rotatable bonds is 1. The summed E-state index contributed by atoms with van der Waals surface area (Å²) in [7, 11) is 0. The summed E-state index contributed by atoms with van der Waals surface area (Å²) in [5, 5.41) is 0. The van der Waals surface area contributed by atoms with Crippen LogP contribution < -0.4 is 0 Å². The summed E-state index contributed by atoms with van der Waals surface area (Å²) in [5.41, 5.74) is 2.74. The van der Waals surface area contributed by atoms with Crippen LogP contribution in [-0.4, -0.2) is 0 Å². The highest BCUT2D eigenvalue weighted by atomic mass is 13.9. The molecule has 0 fully saturated rings. The molecule has 0 rings (SSSR count). The highest BCUT2D eigenvalue weighted by Gasteiger charge is 1.84. The summed E-state index contributed by atoms with van der Waals surface area (Å²) >= 11 is 0. The summed E-state index contributed by atoms with van der Waals surface area (Å²) in [6.07, 6.45) is 4.24. The molecule has 8 heavy (non-hydrogen) atoms. The molecule has 0 amide bonds. The van der Waals surface area contributed by atoms with Crippen molar-refractivity contribution in [3.63, 3.8) is 0 Å². The molecule has 0 spiro atoms. The van der Waals surface area contributed by atoms with Gasteiger partial charge in [0.1, 0.15) is 0 Å². The lowest BCUT2D eigenvalue weighted by Gasteiger charge is -1.95. The van der Waals surface area contributed by atoms with Crippen molar-refractivity contribution in [2.24, 2.45) is 0 Å². The van der Waals surface area contributed by atoms with Gasteiger partial charge in [0.05, 0.1) is 0 Å². The predicted octanol–water partition coefficient (Wildman–Crippen LogP) is 2.92. The monoisotopic (exact) mass is 110 g/mol. The molecule has 0 N–H and O–H groups in total. The summed E-state index contributed by atoms with van der Waals surface area (Å²) in [4.78, 5) is 0. The van der Waals surface area contributed by atoms with Gasteiger partial charge in [0, 0.05) is 0 Å². The minimum atomic E-state index is 1.37. The molecule has 0 aromatic carbocycles. The van der Waals surface area contributed by atoms with Crippen LogP contribution >= 0.6 is 0 Å². The molecule has 0 heterocycles. The first-order chi connectivity index (χ1) is 3.72. The summed E-state index contributed by atoms with van der Waals surface area (Å²) in [6.45, 7) is 8.36. The zero-order valence-electron chi connectivity index (χ0n) is 6.15. The van der Waals surface area contributed by atoms with Gasteiger partial charge in [0.15, 0.2) is 0 Å². The van der Waals surface area contributed by atoms with Crippen LogP contribution in [0.2, 0.25) is 0 Å². The van der Waals surface area contributed by atoms with E-state index in [0.717, 1.165) is 0 Å². The molecule has 0 heteroatoms. The molecular formula is C8H14. The van der Waals surface area contributed by atoms with E-state index in [-0.39, 0.29) is 0 Å². The van der Waals surface area contributed by atoms with Crippen molar-refractivity contribution < 1.29 is 0 Å².